The zero-order valence-electron chi connectivity index (χ0n) is 42.4. The van der Waals surface area contributed by atoms with Crippen molar-refractivity contribution in [2.75, 3.05) is 13.2 Å². The van der Waals surface area contributed by atoms with Gasteiger partial charge in [0.1, 0.15) is 13.2 Å². The van der Waals surface area contributed by atoms with Crippen LogP contribution in [0.5, 0.6) is 0 Å². The summed E-state index contributed by atoms with van der Waals surface area (Å²) in [4.78, 5) is 38.0. The zero-order valence-corrected chi connectivity index (χ0v) is 42.4. The summed E-state index contributed by atoms with van der Waals surface area (Å²) in [5.74, 6) is -1.06. The third-order valence-corrected chi connectivity index (χ3v) is 10.9. The fraction of sp³-hybridized carbons (Fsp3) is 0.617. The van der Waals surface area contributed by atoms with Gasteiger partial charge in [-0.05, 0) is 83.5 Å². The first-order valence-electron chi connectivity index (χ1n) is 26.6. The van der Waals surface area contributed by atoms with Gasteiger partial charge >= 0.3 is 17.9 Å². The Balaban J connectivity index is 4.58. The van der Waals surface area contributed by atoms with Gasteiger partial charge in [-0.15, -0.1) is 0 Å². The highest BCUT2D eigenvalue weighted by Gasteiger charge is 2.19. The summed E-state index contributed by atoms with van der Waals surface area (Å²) >= 11 is 0. The molecule has 0 aromatic carbocycles. The standard InChI is InChI=1S/C60H96O6/c1-4-7-10-13-16-19-22-25-27-29-31-32-35-38-41-44-47-50-53-59(62)65-56-57(55-64-58(61)52-49-46-43-40-37-34-24-21-18-15-12-9-6-3)66-60(63)54-51-48-45-42-39-36-33-30-28-26-23-20-17-14-11-8-5-2/h8,11,14,17,20,23,26-34,36-37,39,43,46,57H,4-7,9-10,12-13,15-16,18-19,21-22,24-25,35,38,40-42,44-45,47-56H2,1-3H3/b11-8-,17-14-,23-20-,28-26-,29-27-,32-31-,33-30+,37-34-,39-36-,46-43-. The molecule has 0 aromatic rings. The molecule has 0 bridgehead atoms. The summed E-state index contributed by atoms with van der Waals surface area (Å²) in [6, 6.07) is 0. The summed E-state index contributed by atoms with van der Waals surface area (Å²) in [7, 11) is 0. The molecule has 6 heteroatoms. The van der Waals surface area contributed by atoms with Gasteiger partial charge in [0.15, 0.2) is 6.10 Å². The van der Waals surface area contributed by atoms with E-state index < -0.39 is 6.10 Å². The second-order valence-electron chi connectivity index (χ2n) is 17.2. The molecule has 1 unspecified atom stereocenters. The van der Waals surface area contributed by atoms with Crippen LogP contribution >= 0.6 is 0 Å². The number of esters is 3. The lowest BCUT2D eigenvalue weighted by Gasteiger charge is -2.18. The lowest BCUT2D eigenvalue weighted by Crippen LogP contribution is -2.30. The monoisotopic (exact) mass is 913 g/mol. The molecule has 0 aliphatic heterocycles. The highest BCUT2D eigenvalue weighted by atomic mass is 16.6. The molecule has 0 saturated heterocycles. The zero-order chi connectivity index (χ0) is 47.9. The minimum atomic E-state index is -0.834. The highest BCUT2D eigenvalue weighted by molar-refractivity contribution is 5.71. The van der Waals surface area contributed by atoms with Crippen molar-refractivity contribution >= 4 is 17.9 Å². The first kappa shape index (κ1) is 61.8. The van der Waals surface area contributed by atoms with Crippen LogP contribution in [0.15, 0.2) is 122 Å². The molecule has 0 aliphatic rings. The van der Waals surface area contributed by atoms with Gasteiger partial charge in [-0.1, -0.05) is 239 Å². The normalized spacial score (nSPS) is 13.1. The number of carbonyl (C=O) groups is 3. The Bertz CT molecular complexity index is 1420. The average molecular weight is 913 g/mol. The van der Waals surface area contributed by atoms with Crippen LogP contribution in [0.4, 0.5) is 0 Å². The Morgan fingerprint density at radius 2 is 0.682 bits per heavy atom. The molecule has 66 heavy (non-hydrogen) atoms. The molecule has 0 aromatic heterocycles. The minimum absolute atomic E-state index is 0.125. The molecular weight excluding hydrogens is 817 g/mol. The van der Waals surface area contributed by atoms with Gasteiger partial charge in [0.2, 0.25) is 0 Å². The van der Waals surface area contributed by atoms with E-state index in [0.717, 1.165) is 77.0 Å². The molecular formula is C60H96O6. The van der Waals surface area contributed by atoms with Crippen molar-refractivity contribution < 1.29 is 28.6 Å². The minimum Gasteiger partial charge on any atom is -0.462 e. The van der Waals surface area contributed by atoms with Crippen molar-refractivity contribution in [3.8, 4) is 0 Å². The van der Waals surface area contributed by atoms with Gasteiger partial charge in [-0.2, -0.15) is 0 Å². The lowest BCUT2D eigenvalue weighted by atomic mass is 10.1. The summed E-state index contributed by atoms with van der Waals surface area (Å²) in [6.45, 7) is 6.36. The number of hydrogen-bond donors (Lipinski definition) is 0. The second kappa shape index (κ2) is 53.4. The SMILES string of the molecule is CC\C=C/C=C\C=C/C=C\C=C\C=C/CCCCCC(=O)OC(COC(=O)CC/C=C\C/C=C\CCCCCCCC)COC(=O)CCCCCCC/C=C\C=C/CCCCCCCCC. The van der Waals surface area contributed by atoms with Crippen LogP contribution in [0.1, 0.15) is 220 Å². The number of carbonyl (C=O) groups excluding carboxylic acids is 3. The van der Waals surface area contributed by atoms with Crippen LogP contribution in [0.3, 0.4) is 0 Å². The maximum absolute atomic E-state index is 12.8. The van der Waals surface area contributed by atoms with Crippen molar-refractivity contribution in [2.24, 2.45) is 0 Å². The molecule has 6 nitrogen and oxygen atoms in total. The van der Waals surface area contributed by atoms with Gasteiger partial charge in [0.05, 0.1) is 0 Å². The van der Waals surface area contributed by atoms with Crippen LogP contribution in [0, 0.1) is 0 Å². The van der Waals surface area contributed by atoms with Gasteiger partial charge in [-0.25, -0.2) is 0 Å². The topological polar surface area (TPSA) is 78.9 Å². The molecule has 0 fully saturated rings. The molecule has 0 saturated carbocycles. The van der Waals surface area contributed by atoms with E-state index in [1.807, 2.05) is 66.8 Å². The molecule has 1 atom stereocenters. The van der Waals surface area contributed by atoms with E-state index >= 15 is 0 Å². The third kappa shape index (κ3) is 50.8. The van der Waals surface area contributed by atoms with Gasteiger partial charge < -0.3 is 14.2 Å². The Morgan fingerprint density at radius 1 is 0.333 bits per heavy atom. The maximum atomic E-state index is 12.8. The summed E-state index contributed by atoms with van der Waals surface area (Å²) in [5.41, 5.74) is 0. The summed E-state index contributed by atoms with van der Waals surface area (Å²) in [6.07, 6.45) is 73.3. The average Bonchev–Trinajstić information content (AvgIpc) is 3.31. The Labute approximate surface area is 405 Å². The number of hydrogen-bond acceptors (Lipinski definition) is 6. The van der Waals surface area contributed by atoms with Gasteiger partial charge in [-0.3, -0.25) is 14.4 Å². The van der Waals surface area contributed by atoms with Crippen LogP contribution < -0.4 is 0 Å². The number of unbranched alkanes of at least 4 members (excludes halogenated alkanes) is 21. The predicted octanol–water partition coefficient (Wildman–Crippen LogP) is 17.7. The molecule has 372 valence electrons. The summed E-state index contributed by atoms with van der Waals surface area (Å²) < 4.78 is 16.7. The van der Waals surface area contributed by atoms with Crippen LogP contribution in [0.2, 0.25) is 0 Å². The molecule has 0 N–H and O–H groups in total. The maximum Gasteiger partial charge on any atom is 0.306 e. The molecule has 0 radical (unpaired) electrons. The smallest absolute Gasteiger partial charge is 0.306 e. The first-order chi connectivity index (χ1) is 32.5. The fourth-order valence-corrected chi connectivity index (χ4v) is 6.87. The summed E-state index contributed by atoms with van der Waals surface area (Å²) in [5, 5.41) is 0. The first-order valence-corrected chi connectivity index (χ1v) is 26.6. The number of allylic oxidation sites excluding steroid dienone is 20. The van der Waals surface area contributed by atoms with E-state index in [1.165, 1.54) is 89.9 Å². The molecule has 0 heterocycles. The lowest BCUT2D eigenvalue weighted by molar-refractivity contribution is -0.166. The molecule has 0 amide bonds. The van der Waals surface area contributed by atoms with E-state index in [0.29, 0.717) is 19.3 Å². The molecule has 0 spiro atoms. The van der Waals surface area contributed by atoms with E-state index in [4.69, 9.17) is 14.2 Å². The van der Waals surface area contributed by atoms with E-state index in [2.05, 4.69) is 75.5 Å². The number of ether oxygens (including phenoxy) is 3. The van der Waals surface area contributed by atoms with E-state index in [9.17, 15) is 14.4 Å². The number of rotatable bonds is 46. The Hall–Kier alpha value is -4.19. The van der Waals surface area contributed by atoms with E-state index in [1.54, 1.807) is 0 Å². The van der Waals surface area contributed by atoms with Crippen LogP contribution in [-0.4, -0.2) is 37.2 Å². The fourth-order valence-electron chi connectivity index (χ4n) is 6.87. The molecule has 0 rings (SSSR count). The van der Waals surface area contributed by atoms with Gasteiger partial charge in [0, 0.05) is 19.3 Å². The Kier molecular flexibility index (Phi) is 50.0. The van der Waals surface area contributed by atoms with Crippen LogP contribution in [0.25, 0.3) is 0 Å². The Morgan fingerprint density at radius 3 is 1.17 bits per heavy atom. The van der Waals surface area contributed by atoms with Crippen molar-refractivity contribution in [1.82, 2.24) is 0 Å². The van der Waals surface area contributed by atoms with Crippen LogP contribution in [-0.2, 0) is 28.6 Å². The van der Waals surface area contributed by atoms with Crippen molar-refractivity contribution in [2.45, 2.75) is 226 Å². The second-order valence-corrected chi connectivity index (χ2v) is 17.2. The van der Waals surface area contributed by atoms with Crippen molar-refractivity contribution in [3.05, 3.63) is 122 Å². The van der Waals surface area contributed by atoms with Crippen molar-refractivity contribution in [3.63, 3.8) is 0 Å². The predicted molar refractivity (Wildman–Crippen MR) is 283 cm³/mol. The highest BCUT2D eigenvalue weighted by Crippen LogP contribution is 2.12. The largest absolute Gasteiger partial charge is 0.462 e. The quantitative estimate of drug-likeness (QED) is 0.0199. The van der Waals surface area contributed by atoms with E-state index in [-0.39, 0.29) is 44.0 Å². The van der Waals surface area contributed by atoms with Gasteiger partial charge in [0.25, 0.3) is 0 Å². The third-order valence-electron chi connectivity index (χ3n) is 10.9. The molecule has 0 aliphatic carbocycles. The van der Waals surface area contributed by atoms with Crippen molar-refractivity contribution in [1.29, 1.82) is 0 Å².